The lowest BCUT2D eigenvalue weighted by Crippen LogP contribution is -2.33. The van der Waals surface area contributed by atoms with Crippen LogP contribution in [0.4, 0.5) is 9.18 Å². The first kappa shape index (κ1) is 19.3. The van der Waals surface area contributed by atoms with Gasteiger partial charge in [0, 0.05) is 24.7 Å². The number of ether oxygens (including phenoxy) is 2. The number of esters is 1. The zero-order chi connectivity index (χ0) is 20.1. The van der Waals surface area contributed by atoms with Gasteiger partial charge in [0.25, 0.3) is 0 Å². The molecule has 3 rings (SSSR count). The standard InChI is InChI=1S/C20H19FN2O5/c1-27-19(24)14-5-6-15(16(21)11-14)12-28-18-4-2-3-17(22-18)13-7-9-23(10-8-13)20(25)26/h2-7,11H,8-10,12H2,1H3,(H,25,26). The molecule has 28 heavy (non-hydrogen) atoms. The van der Waals surface area contributed by atoms with Crippen molar-refractivity contribution in [1.82, 2.24) is 9.88 Å². The Labute approximate surface area is 161 Å². The Morgan fingerprint density at radius 2 is 2.11 bits per heavy atom. The minimum absolute atomic E-state index is 0.0461. The lowest BCUT2D eigenvalue weighted by molar-refractivity contribution is 0.0600. The first-order valence-corrected chi connectivity index (χ1v) is 8.62. The number of benzene rings is 1. The first-order valence-electron chi connectivity index (χ1n) is 8.62. The summed E-state index contributed by atoms with van der Waals surface area (Å²) >= 11 is 0. The Kier molecular flexibility index (Phi) is 5.88. The molecule has 1 aliphatic heterocycles. The van der Waals surface area contributed by atoms with Crippen molar-refractivity contribution in [3.63, 3.8) is 0 Å². The van der Waals surface area contributed by atoms with Gasteiger partial charge in [-0.25, -0.2) is 19.0 Å². The molecular weight excluding hydrogens is 367 g/mol. The van der Waals surface area contributed by atoms with Gasteiger partial charge in [-0.05, 0) is 30.2 Å². The lowest BCUT2D eigenvalue weighted by atomic mass is 10.0. The van der Waals surface area contributed by atoms with E-state index in [0.29, 0.717) is 31.1 Å². The second-order valence-electron chi connectivity index (χ2n) is 6.16. The van der Waals surface area contributed by atoms with Gasteiger partial charge >= 0.3 is 12.1 Å². The van der Waals surface area contributed by atoms with E-state index in [4.69, 9.17) is 9.84 Å². The van der Waals surface area contributed by atoms with Gasteiger partial charge in [0.2, 0.25) is 5.88 Å². The van der Waals surface area contributed by atoms with Crippen molar-refractivity contribution >= 4 is 17.6 Å². The minimum Gasteiger partial charge on any atom is -0.473 e. The minimum atomic E-state index is -0.944. The van der Waals surface area contributed by atoms with Gasteiger partial charge in [0.15, 0.2) is 0 Å². The average molecular weight is 386 g/mol. The Balaban J connectivity index is 1.67. The predicted molar refractivity (Wildman–Crippen MR) is 98.5 cm³/mol. The Morgan fingerprint density at radius 3 is 2.75 bits per heavy atom. The van der Waals surface area contributed by atoms with E-state index in [1.165, 1.54) is 24.1 Å². The van der Waals surface area contributed by atoms with Gasteiger partial charge in [0.05, 0.1) is 18.4 Å². The molecule has 2 heterocycles. The summed E-state index contributed by atoms with van der Waals surface area (Å²) in [6, 6.07) is 9.31. The molecule has 146 valence electrons. The molecular formula is C20H19FN2O5. The first-order chi connectivity index (χ1) is 13.5. The summed E-state index contributed by atoms with van der Waals surface area (Å²) in [6.45, 7) is 0.677. The molecule has 0 radical (unpaired) electrons. The van der Waals surface area contributed by atoms with Crippen LogP contribution in [0.2, 0.25) is 0 Å². The molecule has 0 fully saturated rings. The monoisotopic (exact) mass is 386 g/mol. The van der Waals surface area contributed by atoms with Crippen LogP contribution in [0, 0.1) is 5.82 Å². The summed E-state index contributed by atoms with van der Waals surface area (Å²) in [5.74, 6) is -0.846. The highest BCUT2D eigenvalue weighted by molar-refractivity contribution is 5.89. The van der Waals surface area contributed by atoms with E-state index in [1.54, 1.807) is 12.1 Å². The quantitative estimate of drug-likeness (QED) is 0.793. The fourth-order valence-electron chi connectivity index (χ4n) is 2.81. The van der Waals surface area contributed by atoms with Crippen LogP contribution >= 0.6 is 0 Å². The molecule has 1 amide bonds. The number of halogens is 1. The fraction of sp³-hybridized carbons (Fsp3) is 0.250. The van der Waals surface area contributed by atoms with Gasteiger partial charge in [-0.1, -0.05) is 18.2 Å². The van der Waals surface area contributed by atoms with E-state index in [-0.39, 0.29) is 17.7 Å². The molecule has 7 nitrogen and oxygen atoms in total. The number of amides is 1. The molecule has 0 unspecified atom stereocenters. The number of hydrogen-bond donors (Lipinski definition) is 1. The summed E-state index contributed by atoms with van der Waals surface area (Å²) in [5, 5.41) is 9.01. The Bertz CT molecular complexity index is 929. The highest BCUT2D eigenvalue weighted by Gasteiger charge is 2.17. The van der Waals surface area contributed by atoms with Crippen molar-refractivity contribution in [2.45, 2.75) is 13.0 Å². The number of nitrogens with zero attached hydrogens (tertiary/aromatic N) is 2. The molecule has 0 bridgehead atoms. The van der Waals surface area contributed by atoms with Gasteiger partial charge < -0.3 is 19.5 Å². The van der Waals surface area contributed by atoms with Crippen molar-refractivity contribution in [2.75, 3.05) is 20.2 Å². The molecule has 0 aliphatic carbocycles. The molecule has 0 saturated carbocycles. The molecule has 1 aliphatic rings. The third-order valence-corrected chi connectivity index (χ3v) is 4.38. The third kappa shape index (κ3) is 4.46. The molecule has 1 aromatic carbocycles. The topological polar surface area (TPSA) is 89.0 Å². The van der Waals surface area contributed by atoms with Crippen LogP contribution in [0.3, 0.4) is 0 Å². The molecule has 0 spiro atoms. The second kappa shape index (κ2) is 8.51. The van der Waals surface area contributed by atoms with Crippen molar-refractivity contribution < 1.29 is 28.6 Å². The zero-order valence-corrected chi connectivity index (χ0v) is 15.2. The largest absolute Gasteiger partial charge is 0.473 e. The van der Waals surface area contributed by atoms with Crippen LogP contribution in [0.1, 0.15) is 28.0 Å². The fourth-order valence-corrected chi connectivity index (χ4v) is 2.81. The number of carbonyl (C=O) groups is 2. The van der Waals surface area contributed by atoms with Crippen LogP contribution in [0.15, 0.2) is 42.5 Å². The third-order valence-electron chi connectivity index (χ3n) is 4.38. The number of methoxy groups -OCH3 is 1. The van der Waals surface area contributed by atoms with E-state index in [0.717, 1.165) is 11.6 Å². The van der Waals surface area contributed by atoms with Gasteiger partial charge in [-0.3, -0.25) is 0 Å². The maximum Gasteiger partial charge on any atom is 0.407 e. The maximum atomic E-state index is 14.2. The summed E-state index contributed by atoms with van der Waals surface area (Å²) in [4.78, 5) is 28.2. The zero-order valence-electron chi connectivity index (χ0n) is 15.2. The number of rotatable bonds is 5. The predicted octanol–water partition coefficient (Wildman–Crippen LogP) is 3.35. The number of aromatic nitrogens is 1. The highest BCUT2D eigenvalue weighted by Crippen LogP contribution is 2.23. The molecule has 1 N–H and O–H groups in total. The van der Waals surface area contributed by atoms with Crippen molar-refractivity contribution in [3.05, 3.63) is 65.1 Å². The second-order valence-corrected chi connectivity index (χ2v) is 6.16. The van der Waals surface area contributed by atoms with Crippen molar-refractivity contribution in [3.8, 4) is 5.88 Å². The summed E-state index contributed by atoms with van der Waals surface area (Å²) in [7, 11) is 1.23. The molecule has 0 atom stereocenters. The Hall–Kier alpha value is -3.42. The van der Waals surface area contributed by atoms with E-state index in [1.807, 2.05) is 12.1 Å². The number of pyridine rings is 1. The Morgan fingerprint density at radius 1 is 1.29 bits per heavy atom. The summed E-state index contributed by atoms with van der Waals surface area (Å²) in [5.41, 5.74) is 2.05. The lowest BCUT2D eigenvalue weighted by Gasteiger charge is -2.23. The summed E-state index contributed by atoms with van der Waals surface area (Å²) in [6.07, 6.45) is 1.45. The maximum absolute atomic E-state index is 14.2. The number of carboxylic acid groups (broad SMARTS) is 1. The van der Waals surface area contributed by atoms with Gasteiger partial charge in [-0.15, -0.1) is 0 Å². The smallest absolute Gasteiger partial charge is 0.407 e. The number of hydrogen-bond acceptors (Lipinski definition) is 5. The molecule has 0 saturated heterocycles. The SMILES string of the molecule is COC(=O)c1ccc(COc2cccc(C3=CCN(C(=O)O)CC3)n2)c(F)c1. The average Bonchev–Trinajstić information content (AvgIpc) is 2.72. The van der Waals surface area contributed by atoms with Crippen LogP contribution in [-0.2, 0) is 11.3 Å². The van der Waals surface area contributed by atoms with E-state index in [9.17, 15) is 14.0 Å². The van der Waals surface area contributed by atoms with Crippen molar-refractivity contribution in [1.29, 1.82) is 0 Å². The van der Waals surface area contributed by atoms with E-state index >= 15 is 0 Å². The van der Waals surface area contributed by atoms with Crippen LogP contribution < -0.4 is 4.74 Å². The normalized spacial score (nSPS) is 13.6. The van der Waals surface area contributed by atoms with E-state index < -0.39 is 17.9 Å². The molecule has 1 aromatic heterocycles. The van der Waals surface area contributed by atoms with Gasteiger partial charge in [-0.2, -0.15) is 0 Å². The van der Waals surface area contributed by atoms with Crippen LogP contribution in [-0.4, -0.2) is 47.3 Å². The highest BCUT2D eigenvalue weighted by atomic mass is 19.1. The molecule has 2 aromatic rings. The van der Waals surface area contributed by atoms with Gasteiger partial charge in [0.1, 0.15) is 12.4 Å². The number of carbonyl (C=O) groups excluding carboxylic acids is 1. The van der Waals surface area contributed by atoms with Crippen LogP contribution in [0.5, 0.6) is 5.88 Å². The van der Waals surface area contributed by atoms with Crippen LogP contribution in [0.25, 0.3) is 5.57 Å². The summed E-state index contributed by atoms with van der Waals surface area (Å²) < 4.78 is 24.3. The van der Waals surface area contributed by atoms with Crippen molar-refractivity contribution in [2.24, 2.45) is 0 Å². The molecule has 8 heteroatoms. The van der Waals surface area contributed by atoms with E-state index in [2.05, 4.69) is 9.72 Å².